The molecule has 0 aliphatic carbocycles. The highest BCUT2D eigenvalue weighted by molar-refractivity contribution is 7.54. The average Bonchev–Trinajstić information content (AvgIpc) is 3.23. The first-order valence-corrected chi connectivity index (χ1v) is 11.1. The number of H-pyrrole nitrogens is 1. The maximum atomic E-state index is 12.4. The molecular weight excluding hydrogens is 421 g/mol. The number of imidazole rings is 1. The second kappa shape index (κ2) is 9.33. The van der Waals surface area contributed by atoms with Gasteiger partial charge < -0.3 is 34.3 Å². The second-order valence-electron chi connectivity index (χ2n) is 6.51. The number of aromatic amines is 1. The Balaban J connectivity index is 1.65. The summed E-state index contributed by atoms with van der Waals surface area (Å²) in [5.41, 5.74) is -0.222. The highest BCUT2D eigenvalue weighted by Crippen LogP contribution is 2.47. The van der Waals surface area contributed by atoms with Crippen molar-refractivity contribution < 1.29 is 33.4 Å². The topological polar surface area (TPSA) is 178 Å². The number of aliphatic hydroxyl groups is 2. The summed E-state index contributed by atoms with van der Waals surface area (Å²) in [5.74, 6) is -0.616. The lowest BCUT2D eigenvalue weighted by molar-refractivity contribution is -0.120. The number of carbonyl (C=O) groups excluding carboxylic acids is 1. The molecule has 4 N–H and O–H groups in total. The van der Waals surface area contributed by atoms with E-state index >= 15 is 0 Å². The van der Waals surface area contributed by atoms with Crippen molar-refractivity contribution >= 4 is 24.7 Å². The molecule has 1 aliphatic rings. The van der Waals surface area contributed by atoms with Crippen molar-refractivity contribution in [3.8, 4) is 0 Å². The molecular formula is C16H24N5O8P. The number of nitrogens with one attached hydrogen (secondary N) is 2. The third-order valence-electron chi connectivity index (χ3n) is 4.47. The van der Waals surface area contributed by atoms with Gasteiger partial charge in [0.1, 0.15) is 24.5 Å². The highest BCUT2D eigenvalue weighted by atomic mass is 31.2. The lowest BCUT2D eigenvalue weighted by Crippen LogP contribution is -2.40. The Kier molecular flexibility index (Phi) is 7.01. The molecule has 13 nitrogen and oxygen atoms in total. The van der Waals surface area contributed by atoms with Gasteiger partial charge in [0, 0.05) is 6.54 Å². The molecule has 0 saturated carbocycles. The van der Waals surface area contributed by atoms with Gasteiger partial charge in [0.15, 0.2) is 17.4 Å². The van der Waals surface area contributed by atoms with Gasteiger partial charge >= 0.3 is 7.60 Å². The van der Waals surface area contributed by atoms with Crippen molar-refractivity contribution in [2.24, 2.45) is 0 Å². The molecule has 2 aromatic rings. The molecule has 1 saturated heterocycles. The van der Waals surface area contributed by atoms with Gasteiger partial charge in [-0.05, 0) is 13.8 Å². The minimum Gasteiger partial charge on any atom is -0.387 e. The molecule has 1 aliphatic heterocycles. The van der Waals surface area contributed by atoms with Crippen LogP contribution in [-0.4, -0.2) is 79.9 Å². The zero-order valence-electron chi connectivity index (χ0n) is 16.4. The fourth-order valence-corrected chi connectivity index (χ4v) is 4.65. The molecule has 1 fully saturated rings. The average molecular weight is 445 g/mol. The number of rotatable bonds is 9. The largest absolute Gasteiger partial charge is 0.387 e. The van der Waals surface area contributed by atoms with Crippen LogP contribution in [0.4, 0.5) is 0 Å². The number of fused-ring (bicyclic) bond motifs is 1. The van der Waals surface area contributed by atoms with Crippen molar-refractivity contribution in [3.05, 3.63) is 23.0 Å². The van der Waals surface area contributed by atoms with E-state index in [9.17, 15) is 24.4 Å². The number of nitrogens with zero attached hydrogens (tertiary/aromatic N) is 3. The van der Waals surface area contributed by atoms with Gasteiger partial charge in [0.25, 0.3) is 5.56 Å². The van der Waals surface area contributed by atoms with Crippen LogP contribution in [0.2, 0.25) is 0 Å². The minimum absolute atomic E-state index is 0.0575. The van der Waals surface area contributed by atoms with Crippen LogP contribution >= 0.6 is 7.60 Å². The van der Waals surface area contributed by atoms with Crippen molar-refractivity contribution in [3.63, 3.8) is 0 Å². The van der Waals surface area contributed by atoms with Gasteiger partial charge in [0.2, 0.25) is 5.91 Å². The van der Waals surface area contributed by atoms with Crippen molar-refractivity contribution in [2.75, 3.05) is 25.9 Å². The molecule has 0 radical (unpaired) electrons. The third-order valence-corrected chi connectivity index (χ3v) is 6.44. The molecule has 30 heavy (non-hydrogen) atoms. The van der Waals surface area contributed by atoms with Crippen LogP contribution in [0.15, 0.2) is 17.4 Å². The van der Waals surface area contributed by atoms with Gasteiger partial charge in [0.05, 0.1) is 25.9 Å². The van der Waals surface area contributed by atoms with E-state index in [4.69, 9.17) is 13.8 Å². The fourth-order valence-electron chi connectivity index (χ4n) is 3.15. The van der Waals surface area contributed by atoms with Gasteiger partial charge in [-0.1, -0.05) is 0 Å². The Labute approximate surface area is 170 Å². The summed E-state index contributed by atoms with van der Waals surface area (Å²) >= 11 is 0. The molecule has 0 aromatic carbocycles. The van der Waals surface area contributed by atoms with E-state index in [1.807, 2.05) is 0 Å². The van der Waals surface area contributed by atoms with Crippen molar-refractivity contribution in [1.82, 2.24) is 24.8 Å². The van der Waals surface area contributed by atoms with E-state index < -0.39 is 49.8 Å². The molecule has 3 rings (SSSR count). The predicted molar refractivity (Wildman–Crippen MR) is 103 cm³/mol. The standard InChI is InChI=1S/C16H24N5O8P/c1-3-27-30(26,28-4-2)6-10(22)17-5-9-12(23)13(24)16(29-9)21-8-20-11-14(21)18-7-19-15(11)25/h7-9,12-13,16,23-24H,3-6H2,1-2H3,(H,17,22)(H,18,19,25)/t9-,12-,13-,16-/m1/s1. The number of amides is 1. The molecule has 0 unspecified atom stereocenters. The quantitative estimate of drug-likeness (QED) is 0.354. The molecule has 4 atom stereocenters. The van der Waals surface area contributed by atoms with E-state index in [-0.39, 0.29) is 30.9 Å². The Bertz CT molecular complexity index is 983. The first-order valence-electron chi connectivity index (χ1n) is 9.36. The second-order valence-corrected chi connectivity index (χ2v) is 8.57. The number of hydrogen-bond acceptors (Lipinski definition) is 10. The van der Waals surface area contributed by atoms with E-state index in [2.05, 4.69) is 20.3 Å². The third kappa shape index (κ3) is 4.61. The van der Waals surface area contributed by atoms with E-state index in [1.165, 1.54) is 17.2 Å². The van der Waals surface area contributed by atoms with Crippen LogP contribution in [0.25, 0.3) is 11.2 Å². The molecule has 0 bridgehead atoms. The molecule has 0 spiro atoms. The Morgan fingerprint density at radius 1 is 1.30 bits per heavy atom. The SMILES string of the molecule is CCOP(=O)(CC(=O)NC[C@H]1O[C@@H](n2cnc3c(=O)[nH]cnc32)[C@H](O)[C@@H]1O)OCC. The summed E-state index contributed by atoms with van der Waals surface area (Å²) in [6.45, 7) is 3.36. The zero-order valence-corrected chi connectivity index (χ0v) is 17.3. The van der Waals surface area contributed by atoms with Gasteiger partial charge in [-0.25, -0.2) is 9.97 Å². The summed E-state index contributed by atoms with van der Waals surface area (Å²) in [5, 5.41) is 23.2. The number of hydrogen-bond donors (Lipinski definition) is 4. The van der Waals surface area contributed by atoms with Crippen LogP contribution in [0.3, 0.4) is 0 Å². The van der Waals surface area contributed by atoms with Gasteiger partial charge in [-0.3, -0.25) is 18.7 Å². The Morgan fingerprint density at radius 3 is 2.67 bits per heavy atom. The van der Waals surface area contributed by atoms with Gasteiger partial charge in [-0.15, -0.1) is 0 Å². The molecule has 1 amide bonds. The molecule has 2 aromatic heterocycles. The van der Waals surface area contributed by atoms with Crippen LogP contribution < -0.4 is 10.9 Å². The van der Waals surface area contributed by atoms with E-state index in [0.29, 0.717) is 0 Å². The lowest BCUT2D eigenvalue weighted by Gasteiger charge is -2.18. The first kappa shape index (κ1) is 22.5. The molecule has 14 heteroatoms. The summed E-state index contributed by atoms with van der Waals surface area (Å²) in [6, 6.07) is 0. The number of aromatic nitrogens is 4. The Morgan fingerprint density at radius 2 is 2.00 bits per heavy atom. The summed E-state index contributed by atoms with van der Waals surface area (Å²) in [6.07, 6.45) is -2.75. The van der Waals surface area contributed by atoms with Crippen molar-refractivity contribution in [2.45, 2.75) is 38.4 Å². The molecule has 166 valence electrons. The summed E-state index contributed by atoms with van der Waals surface area (Å²) < 4.78 is 29.6. The van der Waals surface area contributed by atoms with E-state index in [0.717, 1.165) is 0 Å². The lowest BCUT2D eigenvalue weighted by atomic mass is 10.1. The zero-order chi connectivity index (χ0) is 21.9. The normalized spacial score (nSPS) is 24.4. The molecule has 3 heterocycles. The van der Waals surface area contributed by atoms with Gasteiger partial charge in [-0.2, -0.15) is 0 Å². The van der Waals surface area contributed by atoms with Crippen LogP contribution in [0.5, 0.6) is 0 Å². The minimum atomic E-state index is -3.57. The Hall–Kier alpha value is -2.15. The maximum Gasteiger partial charge on any atom is 0.340 e. The number of aliphatic hydroxyl groups excluding tert-OH is 2. The smallest absolute Gasteiger partial charge is 0.340 e. The predicted octanol–water partition coefficient (Wildman–Crippen LogP) is -0.879. The van der Waals surface area contributed by atoms with Crippen LogP contribution in [0, 0.1) is 0 Å². The first-order chi connectivity index (χ1) is 14.3. The van der Waals surface area contributed by atoms with Crippen molar-refractivity contribution in [1.29, 1.82) is 0 Å². The summed E-state index contributed by atoms with van der Waals surface area (Å²) in [7, 11) is -3.57. The monoisotopic (exact) mass is 445 g/mol. The number of ether oxygens (including phenoxy) is 1. The summed E-state index contributed by atoms with van der Waals surface area (Å²) in [4.78, 5) is 34.3. The fraction of sp³-hybridized carbons (Fsp3) is 0.625. The van der Waals surface area contributed by atoms with Crippen LogP contribution in [-0.2, 0) is 23.1 Å². The van der Waals surface area contributed by atoms with Crippen LogP contribution in [0.1, 0.15) is 20.1 Å². The van der Waals surface area contributed by atoms with E-state index in [1.54, 1.807) is 13.8 Å². The number of carbonyl (C=O) groups is 1. The highest BCUT2D eigenvalue weighted by Gasteiger charge is 2.44. The maximum absolute atomic E-state index is 12.4.